The SMILES string of the molecule is Cc1noc(/C(=C\c2cccc(-c3cc(C(C)C)cc4cccnc34)c2)c2ccc(S(C)=O)cc2)n1. The molecule has 0 radical (unpaired) electrons. The van der Waals surface area contributed by atoms with Gasteiger partial charge in [0.05, 0.1) is 5.52 Å². The van der Waals surface area contributed by atoms with E-state index in [2.05, 4.69) is 72.5 Å². The zero-order valence-corrected chi connectivity index (χ0v) is 21.5. The highest BCUT2D eigenvalue weighted by Gasteiger charge is 2.15. The third kappa shape index (κ3) is 4.90. The summed E-state index contributed by atoms with van der Waals surface area (Å²) in [5.74, 6) is 1.42. The number of benzene rings is 3. The molecule has 0 amide bonds. The molecule has 0 fully saturated rings. The average Bonchev–Trinajstić information content (AvgIpc) is 3.32. The topological polar surface area (TPSA) is 68.9 Å². The van der Waals surface area contributed by atoms with Crippen LogP contribution in [0.4, 0.5) is 0 Å². The van der Waals surface area contributed by atoms with Crippen LogP contribution in [0.1, 0.15) is 48.2 Å². The first kappa shape index (κ1) is 23.8. The van der Waals surface area contributed by atoms with Crippen LogP contribution in [0.5, 0.6) is 0 Å². The predicted octanol–water partition coefficient (Wildman–Crippen LogP) is 7.04. The molecule has 0 aliphatic carbocycles. The lowest BCUT2D eigenvalue weighted by atomic mass is 9.93. The highest BCUT2D eigenvalue weighted by Crippen LogP contribution is 2.33. The van der Waals surface area contributed by atoms with Gasteiger partial charge in [-0.2, -0.15) is 4.98 Å². The van der Waals surface area contributed by atoms with Gasteiger partial charge in [0.2, 0.25) is 0 Å². The van der Waals surface area contributed by atoms with E-state index < -0.39 is 10.8 Å². The molecule has 0 aliphatic heterocycles. The minimum atomic E-state index is -1.05. The van der Waals surface area contributed by atoms with Crippen LogP contribution in [-0.4, -0.2) is 25.6 Å². The van der Waals surface area contributed by atoms with Crippen molar-refractivity contribution in [2.45, 2.75) is 31.6 Å². The largest absolute Gasteiger partial charge is 0.334 e. The summed E-state index contributed by atoms with van der Waals surface area (Å²) in [6, 6.07) is 24.6. The molecule has 0 bridgehead atoms. The number of pyridine rings is 1. The predicted molar refractivity (Wildman–Crippen MR) is 146 cm³/mol. The molecule has 0 saturated carbocycles. The molecule has 5 rings (SSSR count). The highest BCUT2D eigenvalue weighted by atomic mass is 32.2. The van der Waals surface area contributed by atoms with Gasteiger partial charge in [-0.3, -0.25) is 9.19 Å². The van der Waals surface area contributed by atoms with Crippen molar-refractivity contribution in [2.24, 2.45) is 0 Å². The molecule has 0 spiro atoms. The van der Waals surface area contributed by atoms with Gasteiger partial charge in [-0.25, -0.2) is 0 Å². The molecule has 1 atom stereocenters. The first-order chi connectivity index (χ1) is 17.4. The van der Waals surface area contributed by atoms with Gasteiger partial charge in [0.15, 0.2) is 5.82 Å². The third-order valence-electron chi connectivity index (χ3n) is 6.16. The van der Waals surface area contributed by atoms with Gasteiger partial charge in [0.1, 0.15) is 0 Å². The molecule has 36 heavy (non-hydrogen) atoms. The second-order valence-corrected chi connectivity index (χ2v) is 10.5. The molecule has 180 valence electrons. The van der Waals surface area contributed by atoms with Crippen molar-refractivity contribution < 1.29 is 8.73 Å². The Labute approximate surface area is 213 Å². The van der Waals surface area contributed by atoms with E-state index in [4.69, 9.17) is 9.51 Å². The van der Waals surface area contributed by atoms with E-state index in [-0.39, 0.29) is 0 Å². The Bertz CT molecular complexity index is 1600. The number of rotatable bonds is 6. The highest BCUT2D eigenvalue weighted by molar-refractivity contribution is 7.84. The van der Waals surface area contributed by atoms with Crippen molar-refractivity contribution in [3.05, 3.63) is 107 Å². The molecule has 5 nitrogen and oxygen atoms in total. The maximum Gasteiger partial charge on any atom is 0.258 e. The fourth-order valence-electron chi connectivity index (χ4n) is 4.23. The number of nitrogens with zero attached hydrogens (tertiary/aromatic N) is 3. The zero-order chi connectivity index (χ0) is 25.2. The van der Waals surface area contributed by atoms with Crippen molar-refractivity contribution in [1.29, 1.82) is 0 Å². The fraction of sp³-hybridized carbons (Fsp3) is 0.167. The van der Waals surface area contributed by atoms with Gasteiger partial charge in [-0.1, -0.05) is 55.4 Å². The molecule has 3 aromatic carbocycles. The maximum absolute atomic E-state index is 11.9. The average molecular weight is 494 g/mol. The number of aryl methyl sites for hydroxylation is 1. The van der Waals surface area contributed by atoms with Crippen LogP contribution >= 0.6 is 0 Å². The van der Waals surface area contributed by atoms with Gasteiger partial charge in [-0.05, 0) is 77.6 Å². The van der Waals surface area contributed by atoms with Crippen LogP contribution in [0.3, 0.4) is 0 Å². The summed E-state index contributed by atoms with van der Waals surface area (Å²) in [7, 11) is -1.05. The smallest absolute Gasteiger partial charge is 0.258 e. The summed E-state index contributed by atoms with van der Waals surface area (Å²) in [5.41, 5.74) is 7.18. The van der Waals surface area contributed by atoms with Gasteiger partial charge in [0.25, 0.3) is 5.89 Å². The molecule has 0 aliphatic rings. The molecule has 0 saturated heterocycles. The monoisotopic (exact) mass is 493 g/mol. The lowest BCUT2D eigenvalue weighted by molar-refractivity contribution is 0.403. The van der Waals surface area contributed by atoms with E-state index in [1.807, 2.05) is 36.5 Å². The first-order valence-electron chi connectivity index (χ1n) is 11.8. The maximum atomic E-state index is 11.9. The molecule has 6 heteroatoms. The Kier molecular flexibility index (Phi) is 6.61. The Morgan fingerprint density at radius 2 is 1.81 bits per heavy atom. The summed E-state index contributed by atoms with van der Waals surface area (Å²) in [5, 5.41) is 5.13. The number of hydrogen-bond acceptors (Lipinski definition) is 5. The summed E-state index contributed by atoms with van der Waals surface area (Å²) in [6.07, 6.45) is 5.56. The standard InChI is InChI=1S/C30H27N3O2S/c1-19(2)25-17-24-9-6-14-31-29(24)27(18-25)23-8-5-7-21(15-23)16-28(30-32-20(3)33-35-30)22-10-12-26(13-11-22)36(4)34/h5-19H,1-4H3/b28-16-. The number of fused-ring (bicyclic) bond motifs is 1. The van der Waals surface area contributed by atoms with Gasteiger partial charge in [0, 0.05) is 44.7 Å². The molecule has 1 unspecified atom stereocenters. The molecule has 0 N–H and O–H groups in total. The first-order valence-corrected chi connectivity index (χ1v) is 13.4. The molecular formula is C30H27N3O2S. The van der Waals surface area contributed by atoms with Crippen molar-refractivity contribution in [3.63, 3.8) is 0 Å². The van der Waals surface area contributed by atoms with Crippen LogP contribution in [0.15, 0.2) is 88.4 Å². The summed E-state index contributed by atoms with van der Waals surface area (Å²) in [4.78, 5) is 9.94. The fourth-order valence-corrected chi connectivity index (χ4v) is 4.75. The minimum absolute atomic E-state index is 0.407. The second kappa shape index (κ2) is 9.99. The zero-order valence-electron chi connectivity index (χ0n) is 20.7. The van der Waals surface area contributed by atoms with E-state index in [1.54, 1.807) is 13.2 Å². The Morgan fingerprint density at radius 3 is 2.50 bits per heavy atom. The molecule has 5 aromatic rings. The summed E-state index contributed by atoms with van der Waals surface area (Å²) < 4.78 is 17.4. The van der Waals surface area contributed by atoms with Gasteiger partial charge >= 0.3 is 0 Å². The van der Waals surface area contributed by atoms with Gasteiger partial charge < -0.3 is 4.52 Å². The van der Waals surface area contributed by atoms with Crippen LogP contribution < -0.4 is 0 Å². The van der Waals surface area contributed by atoms with Crippen LogP contribution in [0.2, 0.25) is 0 Å². The Morgan fingerprint density at radius 1 is 1.00 bits per heavy atom. The van der Waals surface area contributed by atoms with E-state index in [1.165, 1.54) is 5.56 Å². The normalized spacial score (nSPS) is 12.9. The quantitative estimate of drug-likeness (QED) is 0.237. The van der Waals surface area contributed by atoms with E-state index in [0.717, 1.165) is 43.6 Å². The summed E-state index contributed by atoms with van der Waals surface area (Å²) >= 11 is 0. The van der Waals surface area contributed by atoms with Crippen molar-refractivity contribution in [2.75, 3.05) is 6.26 Å². The lowest BCUT2D eigenvalue weighted by Crippen LogP contribution is -1.93. The molecule has 2 aromatic heterocycles. The van der Waals surface area contributed by atoms with E-state index in [9.17, 15) is 4.21 Å². The van der Waals surface area contributed by atoms with Crippen molar-refractivity contribution in [3.8, 4) is 11.1 Å². The van der Waals surface area contributed by atoms with E-state index >= 15 is 0 Å². The van der Waals surface area contributed by atoms with Crippen molar-refractivity contribution in [1.82, 2.24) is 15.1 Å². The van der Waals surface area contributed by atoms with E-state index in [0.29, 0.717) is 17.6 Å². The molecule has 2 heterocycles. The van der Waals surface area contributed by atoms with Crippen molar-refractivity contribution >= 4 is 33.4 Å². The van der Waals surface area contributed by atoms with Crippen LogP contribution in [-0.2, 0) is 10.8 Å². The third-order valence-corrected chi connectivity index (χ3v) is 7.09. The molecular weight excluding hydrogens is 466 g/mol. The Hall–Kier alpha value is -3.90. The lowest BCUT2D eigenvalue weighted by Gasteiger charge is -2.13. The number of hydrogen-bond donors (Lipinski definition) is 0. The minimum Gasteiger partial charge on any atom is -0.334 e. The van der Waals surface area contributed by atoms with Crippen LogP contribution in [0, 0.1) is 6.92 Å². The van der Waals surface area contributed by atoms with Gasteiger partial charge in [-0.15, -0.1) is 0 Å². The summed E-state index contributed by atoms with van der Waals surface area (Å²) in [6.45, 7) is 6.21. The van der Waals surface area contributed by atoms with Crippen LogP contribution in [0.25, 0.3) is 33.7 Å². The number of aromatic nitrogens is 3. The second-order valence-electron chi connectivity index (χ2n) is 9.11. The Balaban J connectivity index is 1.64.